The van der Waals surface area contributed by atoms with E-state index in [0.29, 0.717) is 22.7 Å². The summed E-state index contributed by atoms with van der Waals surface area (Å²) >= 11 is 6.30. The molecular formula is C24H27ClN4O5S. The van der Waals surface area contributed by atoms with E-state index in [1.54, 1.807) is 45.0 Å². The van der Waals surface area contributed by atoms with E-state index in [0.717, 1.165) is 0 Å². The number of hydrogen-bond acceptors (Lipinski definition) is 8. The summed E-state index contributed by atoms with van der Waals surface area (Å²) < 4.78 is 31.4. The van der Waals surface area contributed by atoms with Crippen molar-refractivity contribution in [2.75, 3.05) is 10.6 Å². The number of benzene rings is 2. The van der Waals surface area contributed by atoms with E-state index in [1.807, 2.05) is 13.8 Å². The first kappa shape index (κ1) is 26.2. The summed E-state index contributed by atoms with van der Waals surface area (Å²) in [5.74, 6) is -0.394. The molecule has 9 nitrogen and oxygen atoms in total. The number of carboxylic acids is 1. The predicted molar refractivity (Wildman–Crippen MR) is 136 cm³/mol. The number of nitrogens with zero attached hydrogens (tertiary/aromatic N) is 2. The Hall–Kier alpha value is -3.37. The molecule has 11 heteroatoms. The van der Waals surface area contributed by atoms with E-state index in [2.05, 4.69) is 20.6 Å². The molecule has 3 N–H and O–H groups in total. The lowest BCUT2D eigenvalue weighted by Gasteiger charge is -2.18. The van der Waals surface area contributed by atoms with Crippen molar-refractivity contribution in [1.29, 1.82) is 0 Å². The zero-order chi connectivity index (χ0) is 25.9. The van der Waals surface area contributed by atoms with Crippen molar-refractivity contribution in [2.24, 2.45) is 0 Å². The van der Waals surface area contributed by atoms with Crippen molar-refractivity contribution in [2.45, 2.75) is 50.9 Å². The van der Waals surface area contributed by atoms with Crippen LogP contribution in [0.2, 0.25) is 5.02 Å². The van der Waals surface area contributed by atoms with Crippen LogP contribution < -0.4 is 15.4 Å². The Balaban J connectivity index is 2.00. The monoisotopic (exact) mass is 518 g/mol. The van der Waals surface area contributed by atoms with Crippen molar-refractivity contribution in [3.8, 4) is 5.75 Å². The topological polar surface area (TPSA) is 131 Å². The minimum absolute atomic E-state index is 0.119. The average molecular weight is 519 g/mol. The van der Waals surface area contributed by atoms with E-state index >= 15 is 0 Å². The molecule has 0 saturated heterocycles. The highest BCUT2D eigenvalue weighted by atomic mass is 35.5. The van der Waals surface area contributed by atoms with Crippen LogP contribution in [0.1, 0.15) is 43.6 Å². The van der Waals surface area contributed by atoms with Gasteiger partial charge in [-0.1, -0.05) is 23.7 Å². The fourth-order valence-corrected chi connectivity index (χ4v) is 4.54. The van der Waals surface area contributed by atoms with Gasteiger partial charge in [-0.2, -0.15) is 4.98 Å². The van der Waals surface area contributed by atoms with Crippen LogP contribution in [0, 0.1) is 6.92 Å². The van der Waals surface area contributed by atoms with Crippen molar-refractivity contribution in [3.05, 3.63) is 58.7 Å². The Labute approximate surface area is 209 Å². The first-order chi connectivity index (χ1) is 16.4. The molecular weight excluding hydrogens is 492 g/mol. The summed E-state index contributed by atoms with van der Waals surface area (Å²) in [6.45, 7) is 8.55. The summed E-state index contributed by atoms with van der Waals surface area (Å²) in [5.41, 5.74) is 1.44. The first-order valence-electron chi connectivity index (χ1n) is 10.8. The molecule has 0 bridgehead atoms. The Bertz CT molecular complexity index is 1360. The molecule has 3 rings (SSSR count). The number of aromatic nitrogens is 2. The summed E-state index contributed by atoms with van der Waals surface area (Å²) in [4.78, 5) is 20.3. The molecule has 0 aliphatic carbocycles. The van der Waals surface area contributed by atoms with Gasteiger partial charge in [0, 0.05) is 0 Å². The van der Waals surface area contributed by atoms with Gasteiger partial charge in [-0.05, 0) is 64.4 Å². The quantitative estimate of drug-likeness (QED) is 0.331. The van der Waals surface area contributed by atoms with Crippen molar-refractivity contribution < 1.29 is 23.1 Å². The van der Waals surface area contributed by atoms with E-state index < -0.39 is 21.1 Å². The van der Waals surface area contributed by atoms with Gasteiger partial charge in [0.25, 0.3) is 0 Å². The van der Waals surface area contributed by atoms with Crippen molar-refractivity contribution in [1.82, 2.24) is 9.97 Å². The smallest absolute Gasteiger partial charge is 0.336 e. The highest BCUT2D eigenvalue weighted by Gasteiger charge is 2.23. The third-order valence-corrected chi connectivity index (χ3v) is 7.46. The Morgan fingerprint density at radius 3 is 2.40 bits per heavy atom. The molecule has 1 aromatic heterocycles. The first-order valence-corrected chi connectivity index (χ1v) is 12.8. The molecule has 0 radical (unpaired) electrons. The van der Waals surface area contributed by atoms with E-state index in [1.165, 1.54) is 18.3 Å². The third kappa shape index (κ3) is 6.01. The molecule has 2 aromatic carbocycles. The fourth-order valence-electron chi connectivity index (χ4n) is 3.20. The molecule has 35 heavy (non-hydrogen) atoms. The molecule has 0 unspecified atom stereocenters. The lowest BCUT2D eigenvalue weighted by molar-refractivity contribution is 0.0695. The number of ether oxygens (including phenoxy) is 1. The van der Waals surface area contributed by atoms with Crippen LogP contribution in [-0.4, -0.2) is 40.8 Å². The molecule has 1 heterocycles. The number of aryl methyl sites for hydroxylation is 1. The maximum atomic E-state index is 12.8. The minimum atomic E-state index is -3.56. The molecule has 0 atom stereocenters. The van der Waals surface area contributed by atoms with Crippen LogP contribution in [0.15, 0.2) is 47.5 Å². The van der Waals surface area contributed by atoms with Gasteiger partial charge in [-0.3, -0.25) is 0 Å². The number of rotatable bonds is 9. The van der Waals surface area contributed by atoms with E-state index in [-0.39, 0.29) is 33.4 Å². The van der Waals surface area contributed by atoms with E-state index in [9.17, 15) is 18.3 Å². The number of sulfone groups is 1. The second-order valence-electron chi connectivity index (χ2n) is 8.37. The Morgan fingerprint density at radius 2 is 1.77 bits per heavy atom. The molecule has 0 aliphatic heterocycles. The van der Waals surface area contributed by atoms with Gasteiger partial charge in [-0.25, -0.2) is 18.2 Å². The molecule has 0 saturated carbocycles. The van der Waals surface area contributed by atoms with Crippen molar-refractivity contribution >= 4 is 50.5 Å². The summed E-state index contributed by atoms with van der Waals surface area (Å²) in [5, 5.41) is 15.1. The molecule has 0 spiro atoms. The van der Waals surface area contributed by atoms with Crippen LogP contribution in [-0.2, 0) is 9.84 Å². The summed E-state index contributed by atoms with van der Waals surface area (Å²) in [7, 11) is -3.56. The second kappa shape index (κ2) is 10.5. The van der Waals surface area contributed by atoms with Crippen LogP contribution in [0.5, 0.6) is 5.75 Å². The summed E-state index contributed by atoms with van der Waals surface area (Å²) in [6.07, 6.45) is 1.17. The van der Waals surface area contributed by atoms with Gasteiger partial charge in [0.1, 0.15) is 10.8 Å². The average Bonchev–Trinajstić information content (AvgIpc) is 2.77. The van der Waals surface area contributed by atoms with Crippen LogP contribution >= 0.6 is 11.6 Å². The van der Waals surface area contributed by atoms with Gasteiger partial charge >= 0.3 is 5.97 Å². The van der Waals surface area contributed by atoms with Crippen LogP contribution in [0.25, 0.3) is 0 Å². The van der Waals surface area contributed by atoms with Crippen LogP contribution in [0.3, 0.4) is 0 Å². The molecule has 0 amide bonds. The normalized spacial score (nSPS) is 11.5. The number of anilines is 4. The minimum Gasteiger partial charge on any atom is -0.489 e. The highest BCUT2D eigenvalue weighted by Crippen LogP contribution is 2.33. The molecule has 186 valence electrons. The van der Waals surface area contributed by atoms with Gasteiger partial charge in [0.05, 0.1) is 39.4 Å². The lowest BCUT2D eigenvalue weighted by Crippen LogP contribution is -2.15. The molecule has 0 aliphatic rings. The third-order valence-electron chi connectivity index (χ3n) is 4.98. The Kier molecular flexibility index (Phi) is 7.86. The fraction of sp³-hybridized carbons (Fsp3) is 0.292. The zero-order valence-corrected chi connectivity index (χ0v) is 21.5. The standard InChI is InChI=1S/C24H27ClN4O5S/c1-13(2)34-20-11-16(23(30)31)15(5)10-19(20)28-24-26-12-17(25)22(29-24)27-18-8-6-7-9-21(18)35(32,33)14(3)4/h6-14H,1-5H3,(H,30,31)(H2,26,27,28,29). The van der Waals surface area contributed by atoms with E-state index in [4.69, 9.17) is 16.3 Å². The zero-order valence-electron chi connectivity index (χ0n) is 20.0. The number of aromatic carboxylic acids is 1. The van der Waals surface area contributed by atoms with Crippen molar-refractivity contribution in [3.63, 3.8) is 0 Å². The largest absolute Gasteiger partial charge is 0.489 e. The van der Waals surface area contributed by atoms with Gasteiger partial charge in [0.2, 0.25) is 5.95 Å². The Morgan fingerprint density at radius 1 is 1.09 bits per heavy atom. The van der Waals surface area contributed by atoms with Gasteiger partial charge < -0.3 is 20.5 Å². The SMILES string of the molecule is Cc1cc(Nc2ncc(Cl)c(Nc3ccccc3S(=O)(=O)C(C)C)n2)c(OC(C)C)cc1C(=O)O. The lowest BCUT2D eigenvalue weighted by atomic mass is 10.1. The molecule has 3 aromatic rings. The number of para-hydroxylation sites is 1. The number of nitrogens with one attached hydrogen (secondary N) is 2. The number of carboxylic acid groups (broad SMARTS) is 1. The highest BCUT2D eigenvalue weighted by molar-refractivity contribution is 7.92. The number of halogens is 1. The van der Waals surface area contributed by atoms with Gasteiger partial charge in [0.15, 0.2) is 15.7 Å². The maximum absolute atomic E-state index is 12.8. The van der Waals surface area contributed by atoms with Crippen LogP contribution in [0.4, 0.5) is 23.1 Å². The predicted octanol–water partition coefficient (Wildman–Crippen LogP) is 5.59. The molecule has 0 fully saturated rings. The maximum Gasteiger partial charge on any atom is 0.336 e. The van der Waals surface area contributed by atoms with Gasteiger partial charge in [-0.15, -0.1) is 0 Å². The number of hydrogen-bond donors (Lipinski definition) is 3. The summed E-state index contributed by atoms with van der Waals surface area (Å²) in [6, 6.07) is 9.59. The number of carbonyl (C=O) groups is 1. The second-order valence-corrected chi connectivity index (χ2v) is 11.2.